The zero-order valence-corrected chi connectivity index (χ0v) is 9.10. The third kappa shape index (κ3) is 1.97. The summed E-state index contributed by atoms with van der Waals surface area (Å²) < 4.78 is 10.7. The summed E-state index contributed by atoms with van der Waals surface area (Å²) in [5, 5.41) is 0.863. The summed E-state index contributed by atoms with van der Waals surface area (Å²) in [5.74, 6) is 0.263. The summed E-state index contributed by atoms with van der Waals surface area (Å²) in [7, 11) is 0. The van der Waals surface area contributed by atoms with E-state index < -0.39 is 5.91 Å². The maximum Gasteiger partial charge on any atom is 0.265 e. The number of primary amides is 1. The molecule has 0 spiro atoms. The fourth-order valence-electron chi connectivity index (χ4n) is 1.73. The molecule has 1 atom stereocenters. The number of nitrogens with two attached hydrogens (primary N) is 1. The van der Waals surface area contributed by atoms with E-state index in [1.54, 1.807) is 6.07 Å². The van der Waals surface area contributed by atoms with Gasteiger partial charge in [0.25, 0.3) is 5.91 Å². The van der Waals surface area contributed by atoms with Gasteiger partial charge in [-0.05, 0) is 18.2 Å². The molecule has 1 aliphatic rings. The van der Waals surface area contributed by atoms with Crippen LogP contribution in [0.1, 0.15) is 10.5 Å². The smallest absolute Gasteiger partial charge is 0.265 e. The summed E-state index contributed by atoms with van der Waals surface area (Å²) >= 11 is 0. The van der Waals surface area contributed by atoms with E-state index in [1.165, 1.54) is 0 Å². The van der Waals surface area contributed by atoms with Gasteiger partial charge in [-0.25, -0.2) is 0 Å². The normalized spacial score (nSPS) is 18.2. The van der Waals surface area contributed by atoms with Crippen molar-refractivity contribution in [3.8, 4) is 5.75 Å². The largest absolute Gasteiger partial charge is 0.490 e. The average molecular weight is 232 g/mol. The number of fused-ring (bicyclic) bond motifs is 1. The molecule has 1 saturated heterocycles. The van der Waals surface area contributed by atoms with Gasteiger partial charge in [-0.15, -0.1) is 0 Å². The molecule has 0 saturated carbocycles. The lowest BCUT2D eigenvalue weighted by molar-refractivity contribution is 0.0996. The van der Waals surface area contributed by atoms with Gasteiger partial charge in [-0.3, -0.25) is 4.79 Å². The molecular weight excluding hydrogens is 220 g/mol. The van der Waals surface area contributed by atoms with E-state index >= 15 is 0 Å². The molecule has 0 unspecified atom stereocenters. The molecule has 1 fully saturated rings. The molecule has 3 rings (SSSR count). The van der Waals surface area contributed by atoms with Crippen LogP contribution in [0, 0.1) is 0 Å². The number of aromatic amines is 1. The van der Waals surface area contributed by atoms with Gasteiger partial charge in [0.05, 0.1) is 6.61 Å². The number of ether oxygens (including phenoxy) is 2. The Bertz CT molecular complexity index is 572. The Kier molecular flexibility index (Phi) is 2.26. The number of nitrogens with one attached hydrogen (secondary N) is 1. The summed E-state index contributed by atoms with van der Waals surface area (Å²) in [6.07, 6.45) is 0.208. The standard InChI is InChI=1S/C12H12N2O3/c13-12(15)10-4-8-9(14-10)2-1-3-11(8)17-6-7-5-16-7/h1-4,7,14H,5-6H2,(H2,13,15)/t7-/m1/s1. The molecule has 5 heteroatoms. The molecule has 2 aromatic rings. The molecule has 1 amide bonds. The minimum Gasteiger partial charge on any atom is -0.490 e. The quantitative estimate of drug-likeness (QED) is 0.773. The second-order valence-corrected chi connectivity index (χ2v) is 4.03. The SMILES string of the molecule is NC(=O)c1cc2c(OC[C@H]3CO3)cccc2[nH]1. The van der Waals surface area contributed by atoms with E-state index in [4.69, 9.17) is 15.2 Å². The lowest BCUT2D eigenvalue weighted by atomic mass is 10.2. The first kappa shape index (κ1) is 10.2. The van der Waals surface area contributed by atoms with Gasteiger partial charge in [0.2, 0.25) is 0 Å². The first-order valence-corrected chi connectivity index (χ1v) is 5.40. The van der Waals surface area contributed by atoms with Crippen LogP contribution < -0.4 is 10.5 Å². The summed E-state index contributed by atoms with van der Waals surface area (Å²) in [4.78, 5) is 14.0. The highest BCUT2D eigenvalue weighted by molar-refractivity contribution is 5.98. The zero-order valence-electron chi connectivity index (χ0n) is 9.10. The molecule has 0 aliphatic carbocycles. The first-order chi connectivity index (χ1) is 8.24. The Morgan fingerprint density at radius 3 is 3.12 bits per heavy atom. The van der Waals surface area contributed by atoms with Crippen LogP contribution in [0.25, 0.3) is 10.9 Å². The van der Waals surface area contributed by atoms with Gasteiger partial charge in [0.1, 0.15) is 24.2 Å². The number of aromatic nitrogens is 1. The Morgan fingerprint density at radius 2 is 2.41 bits per heavy atom. The molecular formula is C12H12N2O3. The highest BCUT2D eigenvalue weighted by atomic mass is 16.6. The van der Waals surface area contributed by atoms with Gasteiger partial charge >= 0.3 is 0 Å². The van der Waals surface area contributed by atoms with Crippen molar-refractivity contribution < 1.29 is 14.3 Å². The van der Waals surface area contributed by atoms with E-state index in [1.807, 2.05) is 18.2 Å². The van der Waals surface area contributed by atoms with Crippen molar-refractivity contribution in [2.24, 2.45) is 5.73 Å². The second-order valence-electron chi connectivity index (χ2n) is 4.03. The molecule has 88 valence electrons. The van der Waals surface area contributed by atoms with E-state index in [0.717, 1.165) is 23.3 Å². The van der Waals surface area contributed by atoms with Crippen molar-refractivity contribution in [2.75, 3.05) is 13.2 Å². The number of rotatable bonds is 4. The zero-order chi connectivity index (χ0) is 11.8. The molecule has 17 heavy (non-hydrogen) atoms. The highest BCUT2D eigenvalue weighted by Gasteiger charge is 2.23. The molecule has 1 aromatic carbocycles. The summed E-state index contributed by atoms with van der Waals surface area (Å²) in [6.45, 7) is 1.30. The molecule has 1 aromatic heterocycles. The number of carbonyl (C=O) groups is 1. The monoisotopic (exact) mass is 232 g/mol. The third-order valence-electron chi connectivity index (χ3n) is 2.72. The number of hydrogen-bond acceptors (Lipinski definition) is 3. The maximum atomic E-state index is 11.1. The lowest BCUT2D eigenvalue weighted by Gasteiger charge is -2.04. The van der Waals surface area contributed by atoms with Crippen molar-refractivity contribution in [1.29, 1.82) is 0 Å². The summed E-state index contributed by atoms with van der Waals surface area (Å²) in [6, 6.07) is 7.32. The molecule has 3 N–H and O–H groups in total. The number of epoxide rings is 1. The van der Waals surface area contributed by atoms with Gasteiger partial charge in [0.15, 0.2) is 0 Å². The fourth-order valence-corrected chi connectivity index (χ4v) is 1.73. The van der Waals surface area contributed by atoms with Crippen LogP contribution in [0.5, 0.6) is 5.75 Å². The van der Waals surface area contributed by atoms with Crippen LogP contribution >= 0.6 is 0 Å². The summed E-state index contributed by atoms with van der Waals surface area (Å²) in [5.41, 5.74) is 6.46. The molecule has 5 nitrogen and oxygen atoms in total. The molecule has 2 heterocycles. The maximum absolute atomic E-state index is 11.1. The Morgan fingerprint density at radius 1 is 1.59 bits per heavy atom. The van der Waals surface area contributed by atoms with E-state index in [2.05, 4.69) is 4.98 Å². The van der Waals surface area contributed by atoms with Gasteiger partial charge in [-0.1, -0.05) is 6.07 Å². The second kappa shape index (κ2) is 3.78. The topological polar surface area (TPSA) is 80.6 Å². The van der Waals surface area contributed by atoms with Crippen LogP contribution in [0.15, 0.2) is 24.3 Å². The lowest BCUT2D eigenvalue weighted by Crippen LogP contribution is -2.10. The minimum absolute atomic E-state index is 0.208. The van der Waals surface area contributed by atoms with Gasteiger partial charge < -0.3 is 20.2 Å². The predicted molar refractivity (Wildman–Crippen MR) is 62.1 cm³/mol. The van der Waals surface area contributed by atoms with Crippen LogP contribution in [-0.4, -0.2) is 30.2 Å². The minimum atomic E-state index is -0.474. The van der Waals surface area contributed by atoms with Gasteiger partial charge in [-0.2, -0.15) is 0 Å². The van der Waals surface area contributed by atoms with Crippen molar-refractivity contribution in [2.45, 2.75) is 6.10 Å². The fraction of sp³-hybridized carbons (Fsp3) is 0.250. The van der Waals surface area contributed by atoms with E-state index in [0.29, 0.717) is 12.3 Å². The van der Waals surface area contributed by atoms with Crippen molar-refractivity contribution >= 4 is 16.8 Å². The number of amides is 1. The Labute approximate surface area is 97.5 Å². The number of hydrogen-bond donors (Lipinski definition) is 2. The van der Waals surface area contributed by atoms with Crippen molar-refractivity contribution in [1.82, 2.24) is 4.98 Å². The molecule has 0 bridgehead atoms. The van der Waals surface area contributed by atoms with Crippen LogP contribution in [0.2, 0.25) is 0 Å². The number of carbonyl (C=O) groups excluding carboxylic acids is 1. The third-order valence-corrected chi connectivity index (χ3v) is 2.72. The van der Waals surface area contributed by atoms with Crippen molar-refractivity contribution in [3.05, 3.63) is 30.0 Å². The number of benzene rings is 1. The Balaban J connectivity index is 1.95. The Hall–Kier alpha value is -2.01. The first-order valence-electron chi connectivity index (χ1n) is 5.40. The molecule has 0 radical (unpaired) electrons. The molecule has 1 aliphatic heterocycles. The van der Waals surface area contributed by atoms with E-state index in [-0.39, 0.29) is 6.10 Å². The van der Waals surface area contributed by atoms with Crippen molar-refractivity contribution in [3.63, 3.8) is 0 Å². The highest BCUT2D eigenvalue weighted by Crippen LogP contribution is 2.27. The van der Waals surface area contributed by atoms with Crippen LogP contribution in [0.3, 0.4) is 0 Å². The number of H-pyrrole nitrogens is 1. The van der Waals surface area contributed by atoms with Crippen LogP contribution in [-0.2, 0) is 4.74 Å². The van der Waals surface area contributed by atoms with E-state index in [9.17, 15) is 4.79 Å². The van der Waals surface area contributed by atoms with Gasteiger partial charge in [0, 0.05) is 10.9 Å². The average Bonchev–Trinajstić information content (AvgIpc) is 3.02. The van der Waals surface area contributed by atoms with Crippen LogP contribution in [0.4, 0.5) is 0 Å². The predicted octanol–water partition coefficient (Wildman–Crippen LogP) is 1.04.